The average molecular weight is 267 g/mol. The highest BCUT2D eigenvalue weighted by Gasteiger charge is 2.24. The van der Waals surface area contributed by atoms with E-state index < -0.39 is 0 Å². The first-order valence-electron chi connectivity index (χ1n) is 7.43. The zero-order valence-electron chi connectivity index (χ0n) is 11.9. The smallest absolute Gasteiger partial charge is 0.317 e. The summed E-state index contributed by atoms with van der Waals surface area (Å²) < 4.78 is 0. The summed E-state index contributed by atoms with van der Waals surface area (Å²) in [6.45, 7) is 5.98. The highest BCUT2D eigenvalue weighted by Crippen LogP contribution is 2.19. The van der Waals surface area contributed by atoms with Gasteiger partial charge in [-0.15, -0.1) is 0 Å². The zero-order chi connectivity index (χ0) is 13.7. The van der Waals surface area contributed by atoms with E-state index >= 15 is 0 Å². The van der Waals surface area contributed by atoms with Gasteiger partial charge in [-0.25, -0.2) is 4.79 Å². The van der Waals surface area contributed by atoms with Gasteiger partial charge in [-0.05, 0) is 26.3 Å². The third-order valence-electron chi connectivity index (χ3n) is 4.12. The Balaban J connectivity index is 1.86. The van der Waals surface area contributed by atoms with Crippen LogP contribution in [-0.4, -0.2) is 60.4 Å². The molecule has 2 amide bonds. The summed E-state index contributed by atoms with van der Waals surface area (Å²) in [5.74, 6) is 0.274. The van der Waals surface area contributed by atoms with E-state index in [-0.39, 0.29) is 11.8 Å². The van der Waals surface area contributed by atoms with Crippen molar-refractivity contribution in [1.29, 1.82) is 0 Å². The Morgan fingerprint density at radius 1 is 1.26 bits per heavy atom. The Hall–Kier alpha value is -1.10. The van der Waals surface area contributed by atoms with Crippen LogP contribution in [-0.2, 0) is 4.79 Å². The van der Waals surface area contributed by atoms with Gasteiger partial charge in [0.2, 0.25) is 0 Å². The molecular weight excluding hydrogens is 242 g/mol. The first-order chi connectivity index (χ1) is 9.16. The lowest BCUT2D eigenvalue weighted by atomic mass is 10.0. The lowest BCUT2D eigenvalue weighted by Crippen LogP contribution is -2.42. The largest absolute Gasteiger partial charge is 0.336 e. The molecule has 108 valence electrons. The molecule has 2 rings (SSSR count). The number of Topliss-reactive ketones (excluding diaryl/α,β-unsaturated/α-hetero) is 1. The van der Waals surface area contributed by atoms with Gasteiger partial charge in [-0.2, -0.15) is 0 Å². The molecule has 2 aliphatic rings. The van der Waals surface area contributed by atoms with Crippen LogP contribution in [0.5, 0.6) is 0 Å². The summed E-state index contributed by atoms with van der Waals surface area (Å²) in [4.78, 5) is 27.2. The molecule has 1 unspecified atom stereocenters. The summed E-state index contributed by atoms with van der Waals surface area (Å²) in [6.07, 6.45) is 5.46. The number of hydrogen-bond acceptors (Lipinski definition) is 3. The number of urea groups is 1. The van der Waals surface area contributed by atoms with Gasteiger partial charge in [0.1, 0.15) is 5.78 Å². The van der Waals surface area contributed by atoms with Crippen molar-refractivity contribution in [1.82, 2.24) is 15.1 Å². The molecule has 0 spiro atoms. The van der Waals surface area contributed by atoms with E-state index in [2.05, 4.69) is 10.2 Å². The molecule has 0 aromatic rings. The summed E-state index contributed by atoms with van der Waals surface area (Å²) >= 11 is 0. The van der Waals surface area contributed by atoms with Crippen molar-refractivity contribution >= 4 is 11.8 Å². The van der Waals surface area contributed by atoms with E-state index in [0.29, 0.717) is 12.5 Å². The van der Waals surface area contributed by atoms with E-state index in [1.807, 2.05) is 4.90 Å². The van der Waals surface area contributed by atoms with Crippen molar-refractivity contribution < 1.29 is 9.59 Å². The van der Waals surface area contributed by atoms with Crippen LogP contribution in [0.2, 0.25) is 0 Å². The standard InChI is InChI=1S/C14H25N3O2/c1-12(18)11-13-5-3-2-4-7-16(13)9-10-17-8-6-15-14(17)19/h13H,2-11H2,1H3,(H,15,19). The monoisotopic (exact) mass is 267 g/mol. The zero-order valence-corrected chi connectivity index (χ0v) is 11.9. The minimum Gasteiger partial charge on any atom is -0.336 e. The summed E-state index contributed by atoms with van der Waals surface area (Å²) in [7, 11) is 0. The number of nitrogens with zero attached hydrogens (tertiary/aromatic N) is 2. The first kappa shape index (κ1) is 14.3. The Morgan fingerprint density at radius 3 is 2.79 bits per heavy atom. The first-order valence-corrected chi connectivity index (χ1v) is 7.43. The van der Waals surface area contributed by atoms with Crippen LogP contribution in [0.3, 0.4) is 0 Å². The fourth-order valence-electron chi connectivity index (χ4n) is 3.07. The Kier molecular flexibility index (Phi) is 5.19. The number of ketones is 1. The molecule has 0 radical (unpaired) electrons. The van der Waals surface area contributed by atoms with Crippen LogP contribution in [0.4, 0.5) is 4.79 Å². The fraction of sp³-hybridized carbons (Fsp3) is 0.857. The lowest BCUT2D eigenvalue weighted by Gasteiger charge is -2.30. The van der Waals surface area contributed by atoms with Crippen molar-refractivity contribution in [3.63, 3.8) is 0 Å². The highest BCUT2D eigenvalue weighted by molar-refractivity contribution is 5.76. The molecule has 2 aliphatic heterocycles. The van der Waals surface area contributed by atoms with E-state index in [0.717, 1.165) is 39.1 Å². The molecule has 0 aromatic heterocycles. The second-order valence-electron chi connectivity index (χ2n) is 5.66. The van der Waals surface area contributed by atoms with Gasteiger partial charge >= 0.3 is 6.03 Å². The van der Waals surface area contributed by atoms with Crippen molar-refractivity contribution in [2.75, 3.05) is 32.7 Å². The van der Waals surface area contributed by atoms with E-state index in [1.165, 1.54) is 19.3 Å². The van der Waals surface area contributed by atoms with Crippen LogP contribution in [0.15, 0.2) is 0 Å². The predicted molar refractivity (Wildman–Crippen MR) is 74.1 cm³/mol. The number of likely N-dealkylation sites (tertiary alicyclic amines) is 1. The van der Waals surface area contributed by atoms with Gasteiger partial charge < -0.3 is 10.2 Å². The predicted octanol–water partition coefficient (Wildman–Crippen LogP) is 1.24. The normalized spacial score (nSPS) is 25.2. The molecule has 2 saturated heterocycles. The maximum absolute atomic E-state index is 11.5. The second-order valence-corrected chi connectivity index (χ2v) is 5.66. The topological polar surface area (TPSA) is 52.7 Å². The highest BCUT2D eigenvalue weighted by atomic mass is 16.2. The molecule has 1 N–H and O–H groups in total. The summed E-state index contributed by atoms with van der Waals surface area (Å²) in [5, 5.41) is 2.83. The number of hydrogen-bond donors (Lipinski definition) is 1. The van der Waals surface area contributed by atoms with Crippen molar-refractivity contribution in [2.45, 2.75) is 45.1 Å². The molecule has 0 aliphatic carbocycles. The second kappa shape index (κ2) is 6.89. The van der Waals surface area contributed by atoms with Crippen molar-refractivity contribution in [2.24, 2.45) is 0 Å². The van der Waals surface area contributed by atoms with E-state index in [9.17, 15) is 9.59 Å². The summed E-state index contributed by atoms with van der Waals surface area (Å²) in [6, 6.07) is 0.434. The van der Waals surface area contributed by atoms with Gasteiger partial charge in [-0.3, -0.25) is 9.69 Å². The fourth-order valence-corrected chi connectivity index (χ4v) is 3.07. The van der Waals surface area contributed by atoms with Crippen molar-refractivity contribution in [3.05, 3.63) is 0 Å². The lowest BCUT2D eigenvalue weighted by molar-refractivity contribution is -0.118. The van der Waals surface area contributed by atoms with Crippen LogP contribution in [0.25, 0.3) is 0 Å². The molecule has 2 fully saturated rings. The van der Waals surface area contributed by atoms with Gasteiger partial charge in [0.05, 0.1) is 0 Å². The molecule has 1 atom stereocenters. The molecular formula is C14H25N3O2. The van der Waals surface area contributed by atoms with Gasteiger partial charge in [-0.1, -0.05) is 12.8 Å². The van der Waals surface area contributed by atoms with Crippen LogP contribution in [0.1, 0.15) is 39.0 Å². The third kappa shape index (κ3) is 4.20. The molecule has 0 aromatic carbocycles. The third-order valence-corrected chi connectivity index (χ3v) is 4.12. The molecule has 0 bridgehead atoms. The Bertz CT molecular complexity index is 333. The average Bonchev–Trinajstić information content (AvgIpc) is 2.64. The van der Waals surface area contributed by atoms with E-state index in [1.54, 1.807) is 6.92 Å². The quantitative estimate of drug-likeness (QED) is 0.815. The minimum absolute atomic E-state index is 0.0536. The number of nitrogens with one attached hydrogen (secondary N) is 1. The van der Waals surface area contributed by atoms with Gasteiger partial charge in [0.25, 0.3) is 0 Å². The number of rotatable bonds is 5. The maximum atomic E-state index is 11.5. The molecule has 5 heteroatoms. The molecule has 19 heavy (non-hydrogen) atoms. The van der Waals surface area contributed by atoms with Crippen LogP contribution in [0, 0.1) is 0 Å². The summed E-state index contributed by atoms with van der Waals surface area (Å²) in [5.41, 5.74) is 0. The molecule has 5 nitrogen and oxygen atoms in total. The number of amides is 2. The molecule has 2 heterocycles. The van der Waals surface area contributed by atoms with Crippen LogP contribution >= 0.6 is 0 Å². The van der Waals surface area contributed by atoms with Crippen LogP contribution < -0.4 is 5.32 Å². The van der Waals surface area contributed by atoms with Gasteiger partial charge in [0.15, 0.2) is 0 Å². The van der Waals surface area contributed by atoms with Crippen molar-refractivity contribution in [3.8, 4) is 0 Å². The maximum Gasteiger partial charge on any atom is 0.317 e. The SMILES string of the molecule is CC(=O)CC1CCCCCN1CCN1CCNC1=O. The van der Waals surface area contributed by atoms with E-state index in [4.69, 9.17) is 0 Å². The minimum atomic E-state index is 0.0536. The number of carbonyl (C=O) groups excluding carboxylic acids is 2. The van der Waals surface area contributed by atoms with Gasteiger partial charge in [0, 0.05) is 38.6 Å². The Labute approximate surface area is 115 Å². The Morgan fingerprint density at radius 2 is 2.11 bits per heavy atom. The number of carbonyl (C=O) groups is 2. The molecule has 0 saturated carbocycles.